The number of carbonyl (C=O) groups is 1. The molecule has 1 heterocycles. The molecule has 0 unspecified atom stereocenters. The summed E-state index contributed by atoms with van der Waals surface area (Å²) in [5.41, 5.74) is 4.94. The Labute approximate surface area is 206 Å². The molecular weight excluding hydrogens is 494 g/mol. The Morgan fingerprint density at radius 3 is 2.18 bits per heavy atom. The van der Waals surface area contributed by atoms with E-state index in [1.165, 1.54) is 5.56 Å². The topological polar surface area (TPSA) is 88.2 Å². The van der Waals surface area contributed by atoms with E-state index in [0.717, 1.165) is 17.1 Å². The second-order valence-electron chi connectivity index (χ2n) is 7.71. The summed E-state index contributed by atoms with van der Waals surface area (Å²) < 4.78 is 5.90. The lowest BCUT2D eigenvalue weighted by Crippen LogP contribution is -2.12. The van der Waals surface area contributed by atoms with E-state index in [2.05, 4.69) is 48.8 Å². The predicted octanol–water partition coefficient (Wildman–Crippen LogP) is 6.60. The van der Waals surface area contributed by atoms with Gasteiger partial charge in [0, 0.05) is 33.3 Å². The fraction of sp³-hybridized carbons (Fsp3) is 0.115. The van der Waals surface area contributed by atoms with Crippen molar-refractivity contribution in [1.82, 2.24) is 9.97 Å². The Morgan fingerprint density at radius 2 is 1.47 bits per heavy atom. The number of nitrogens with zero attached hydrogens (tertiary/aromatic N) is 2. The molecule has 3 aromatic carbocycles. The summed E-state index contributed by atoms with van der Waals surface area (Å²) in [4.78, 5) is 21.7. The Morgan fingerprint density at radius 1 is 0.824 bits per heavy atom. The lowest BCUT2D eigenvalue weighted by molar-refractivity contribution is 0.102. The molecule has 0 aliphatic carbocycles. The number of benzene rings is 3. The number of aryl methyl sites for hydroxylation is 2. The van der Waals surface area contributed by atoms with Crippen molar-refractivity contribution < 1.29 is 9.53 Å². The Kier molecular flexibility index (Phi) is 7.08. The van der Waals surface area contributed by atoms with Gasteiger partial charge in [-0.3, -0.25) is 4.79 Å². The number of methoxy groups -OCH3 is 1. The first-order valence-corrected chi connectivity index (χ1v) is 11.4. The molecule has 8 heteroatoms. The van der Waals surface area contributed by atoms with Gasteiger partial charge in [-0.05, 0) is 84.4 Å². The number of hydrogen-bond donors (Lipinski definition) is 3. The van der Waals surface area contributed by atoms with E-state index in [1.54, 1.807) is 25.3 Å². The quantitative estimate of drug-likeness (QED) is 0.255. The second-order valence-corrected chi connectivity index (χ2v) is 8.57. The summed E-state index contributed by atoms with van der Waals surface area (Å²) in [7, 11) is 1.57. The van der Waals surface area contributed by atoms with Gasteiger partial charge < -0.3 is 20.7 Å². The second kappa shape index (κ2) is 10.4. The number of carbonyl (C=O) groups excluding carboxylic acids is 1. The van der Waals surface area contributed by atoms with E-state index in [0.29, 0.717) is 33.2 Å². The molecule has 172 valence electrons. The van der Waals surface area contributed by atoms with Crippen LogP contribution in [-0.4, -0.2) is 23.0 Å². The van der Waals surface area contributed by atoms with Crippen molar-refractivity contribution in [2.24, 2.45) is 0 Å². The zero-order valence-electron chi connectivity index (χ0n) is 19.0. The molecule has 0 saturated heterocycles. The highest BCUT2D eigenvalue weighted by atomic mass is 79.9. The number of aromatic nitrogens is 2. The van der Waals surface area contributed by atoms with Crippen LogP contribution in [0.3, 0.4) is 0 Å². The first-order chi connectivity index (χ1) is 16.4. The molecule has 4 aromatic rings. The zero-order valence-corrected chi connectivity index (χ0v) is 20.6. The van der Waals surface area contributed by atoms with Crippen molar-refractivity contribution in [3.05, 3.63) is 94.1 Å². The Balaban J connectivity index is 1.44. The smallest absolute Gasteiger partial charge is 0.256 e. The molecule has 1 aromatic heterocycles. The summed E-state index contributed by atoms with van der Waals surface area (Å²) in [5, 5.41) is 9.42. The summed E-state index contributed by atoms with van der Waals surface area (Å²) >= 11 is 3.41. The SMILES string of the molecule is COc1ccc(Br)c(C(=O)Nc2ccc(Nc3nc(C)cc(Nc4ccc(C)cc4)n3)cc2)c1. The molecule has 0 aliphatic rings. The molecule has 0 bridgehead atoms. The van der Waals surface area contributed by atoms with Crippen molar-refractivity contribution in [3.63, 3.8) is 0 Å². The van der Waals surface area contributed by atoms with Gasteiger partial charge in [-0.2, -0.15) is 4.98 Å². The van der Waals surface area contributed by atoms with E-state index in [-0.39, 0.29) is 5.91 Å². The van der Waals surface area contributed by atoms with Crippen LogP contribution in [0.4, 0.5) is 28.8 Å². The predicted molar refractivity (Wildman–Crippen MR) is 140 cm³/mol. The zero-order chi connectivity index (χ0) is 24.1. The van der Waals surface area contributed by atoms with Crippen molar-refractivity contribution in [2.75, 3.05) is 23.1 Å². The molecule has 0 spiro atoms. The fourth-order valence-electron chi connectivity index (χ4n) is 3.24. The molecule has 7 nitrogen and oxygen atoms in total. The van der Waals surface area contributed by atoms with Crippen molar-refractivity contribution >= 4 is 50.7 Å². The highest BCUT2D eigenvalue weighted by molar-refractivity contribution is 9.10. The van der Waals surface area contributed by atoms with Gasteiger partial charge in [0.15, 0.2) is 0 Å². The summed E-state index contributed by atoms with van der Waals surface area (Å²) in [6.07, 6.45) is 0. The standard InChI is InChI=1S/C26H24BrN5O2/c1-16-4-6-18(7-5-16)29-24-14-17(2)28-26(32-24)31-20-10-8-19(9-11-20)30-25(33)22-15-21(34-3)12-13-23(22)27/h4-15H,1-3H3,(H,30,33)(H2,28,29,31,32). The maximum Gasteiger partial charge on any atom is 0.256 e. The van der Waals surface area contributed by atoms with Gasteiger partial charge in [0.25, 0.3) is 5.91 Å². The van der Waals surface area contributed by atoms with Crippen LogP contribution in [0.25, 0.3) is 0 Å². The van der Waals surface area contributed by atoms with Gasteiger partial charge in [-0.1, -0.05) is 17.7 Å². The monoisotopic (exact) mass is 517 g/mol. The Hall–Kier alpha value is -3.91. The Bertz CT molecular complexity index is 1310. The first-order valence-electron chi connectivity index (χ1n) is 10.6. The minimum Gasteiger partial charge on any atom is -0.497 e. The average molecular weight is 518 g/mol. The fourth-order valence-corrected chi connectivity index (χ4v) is 3.67. The van der Waals surface area contributed by atoms with E-state index in [1.807, 2.05) is 61.5 Å². The van der Waals surface area contributed by atoms with Crippen LogP contribution in [0.1, 0.15) is 21.6 Å². The van der Waals surface area contributed by atoms with Crippen LogP contribution in [-0.2, 0) is 0 Å². The molecule has 0 fully saturated rings. The van der Waals surface area contributed by atoms with Crippen LogP contribution in [0, 0.1) is 13.8 Å². The number of anilines is 5. The van der Waals surface area contributed by atoms with Crippen LogP contribution in [0.5, 0.6) is 5.75 Å². The minimum atomic E-state index is -0.236. The highest BCUT2D eigenvalue weighted by Gasteiger charge is 2.12. The molecule has 3 N–H and O–H groups in total. The van der Waals surface area contributed by atoms with Crippen molar-refractivity contribution in [2.45, 2.75) is 13.8 Å². The maximum absolute atomic E-state index is 12.7. The van der Waals surface area contributed by atoms with Gasteiger partial charge >= 0.3 is 0 Å². The molecule has 0 radical (unpaired) electrons. The molecule has 4 rings (SSSR count). The van der Waals surface area contributed by atoms with Crippen LogP contribution < -0.4 is 20.7 Å². The van der Waals surface area contributed by atoms with Gasteiger partial charge in [0.1, 0.15) is 11.6 Å². The summed E-state index contributed by atoms with van der Waals surface area (Å²) in [6.45, 7) is 3.97. The molecule has 34 heavy (non-hydrogen) atoms. The highest BCUT2D eigenvalue weighted by Crippen LogP contribution is 2.25. The third-order valence-corrected chi connectivity index (χ3v) is 5.69. The lowest BCUT2D eigenvalue weighted by atomic mass is 10.2. The van der Waals surface area contributed by atoms with Crippen LogP contribution in [0.2, 0.25) is 0 Å². The van der Waals surface area contributed by atoms with E-state index in [9.17, 15) is 4.79 Å². The third kappa shape index (κ3) is 5.90. The number of ether oxygens (including phenoxy) is 1. The van der Waals surface area contributed by atoms with Crippen LogP contribution >= 0.6 is 15.9 Å². The van der Waals surface area contributed by atoms with E-state index >= 15 is 0 Å². The molecule has 0 atom stereocenters. The number of halogens is 1. The number of amides is 1. The van der Waals surface area contributed by atoms with E-state index in [4.69, 9.17) is 4.74 Å². The third-order valence-electron chi connectivity index (χ3n) is 5.00. The molecule has 0 aliphatic heterocycles. The average Bonchev–Trinajstić information content (AvgIpc) is 2.82. The van der Waals surface area contributed by atoms with Crippen molar-refractivity contribution in [1.29, 1.82) is 0 Å². The first kappa shape index (κ1) is 23.3. The molecular formula is C26H24BrN5O2. The van der Waals surface area contributed by atoms with Gasteiger partial charge in [-0.25, -0.2) is 4.98 Å². The largest absolute Gasteiger partial charge is 0.497 e. The van der Waals surface area contributed by atoms with Crippen LogP contribution in [0.15, 0.2) is 77.3 Å². The van der Waals surface area contributed by atoms with Gasteiger partial charge in [-0.15, -0.1) is 0 Å². The lowest BCUT2D eigenvalue weighted by Gasteiger charge is -2.11. The summed E-state index contributed by atoms with van der Waals surface area (Å²) in [6, 6.07) is 22.6. The van der Waals surface area contributed by atoms with Gasteiger partial charge in [0.2, 0.25) is 5.95 Å². The maximum atomic E-state index is 12.7. The normalized spacial score (nSPS) is 10.5. The van der Waals surface area contributed by atoms with Crippen molar-refractivity contribution in [3.8, 4) is 5.75 Å². The van der Waals surface area contributed by atoms with Gasteiger partial charge in [0.05, 0.1) is 12.7 Å². The minimum absolute atomic E-state index is 0.236. The number of nitrogens with one attached hydrogen (secondary N) is 3. The molecule has 1 amide bonds. The van der Waals surface area contributed by atoms with E-state index < -0.39 is 0 Å². The number of hydrogen-bond acceptors (Lipinski definition) is 6. The number of rotatable bonds is 7. The molecule has 0 saturated carbocycles. The summed E-state index contributed by atoms with van der Waals surface area (Å²) in [5.74, 6) is 1.56.